The van der Waals surface area contributed by atoms with E-state index in [4.69, 9.17) is 4.74 Å². The zero-order chi connectivity index (χ0) is 13.0. The maximum Gasteiger partial charge on any atom is 0.0538 e. The molecule has 2 heteroatoms. The predicted molar refractivity (Wildman–Crippen MR) is 75.9 cm³/mol. The first kappa shape index (κ1) is 13.6. The van der Waals surface area contributed by atoms with Crippen molar-refractivity contribution in [3.8, 4) is 0 Å². The van der Waals surface area contributed by atoms with Crippen LogP contribution in [-0.2, 0) is 11.2 Å². The van der Waals surface area contributed by atoms with Crippen molar-refractivity contribution in [1.29, 1.82) is 0 Å². The van der Waals surface area contributed by atoms with Crippen molar-refractivity contribution in [2.24, 2.45) is 5.41 Å². The van der Waals surface area contributed by atoms with Gasteiger partial charge in [-0.2, -0.15) is 0 Å². The van der Waals surface area contributed by atoms with Crippen LogP contribution in [0.2, 0.25) is 0 Å². The number of rotatable bonds is 5. The zero-order valence-corrected chi connectivity index (χ0v) is 11.8. The molecule has 2 nitrogen and oxygen atoms in total. The molecule has 1 N–H and O–H groups in total. The van der Waals surface area contributed by atoms with Crippen molar-refractivity contribution in [2.75, 3.05) is 19.8 Å². The fourth-order valence-corrected chi connectivity index (χ4v) is 2.67. The first-order valence-corrected chi connectivity index (χ1v) is 6.96. The van der Waals surface area contributed by atoms with E-state index in [1.165, 1.54) is 17.5 Å². The number of hydrogen-bond acceptors (Lipinski definition) is 2. The van der Waals surface area contributed by atoms with E-state index in [1.807, 2.05) is 0 Å². The molecule has 1 aromatic rings. The van der Waals surface area contributed by atoms with Gasteiger partial charge in [0.2, 0.25) is 0 Å². The largest absolute Gasteiger partial charge is 0.381 e. The second-order valence-electron chi connectivity index (χ2n) is 6.00. The maximum atomic E-state index is 5.66. The Morgan fingerprint density at radius 2 is 2.22 bits per heavy atom. The van der Waals surface area contributed by atoms with Gasteiger partial charge < -0.3 is 10.1 Å². The highest BCUT2D eigenvalue weighted by Crippen LogP contribution is 2.32. The summed E-state index contributed by atoms with van der Waals surface area (Å²) in [7, 11) is 0. The summed E-state index contributed by atoms with van der Waals surface area (Å²) in [6.07, 6.45) is 2.29. The van der Waals surface area contributed by atoms with Crippen molar-refractivity contribution in [1.82, 2.24) is 5.32 Å². The van der Waals surface area contributed by atoms with Gasteiger partial charge in [0.1, 0.15) is 0 Å². The minimum atomic E-state index is 0.290. The normalized spacial score (nSPS) is 23.8. The number of hydrogen-bond donors (Lipinski definition) is 1. The SMILES string of the molecule is Cc1cccc(CC2(CNC(C)C)CCOC2)c1. The molecule has 0 spiro atoms. The van der Waals surface area contributed by atoms with Crippen LogP contribution in [0.4, 0.5) is 0 Å². The molecular weight excluding hydrogens is 222 g/mol. The Morgan fingerprint density at radius 1 is 1.39 bits per heavy atom. The third kappa shape index (κ3) is 3.56. The third-order valence-electron chi connectivity index (χ3n) is 3.73. The van der Waals surface area contributed by atoms with Crippen LogP contribution in [-0.4, -0.2) is 25.8 Å². The minimum absolute atomic E-state index is 0.290. The Morgan fingerprint density at radius 3 is 2.83 bits per heavy atom. The molecule has 2 rings (SSSR count). The quantitative estimate of drug-likeness (QED) is 0.864. The number of ether oxygens (including phenoxy) is 1. The maximum absolute atomic E-state index is 5.66. The van der Waals surface area contributed by atoms with E-state index in [1.54, 1.807) is 0 Å². The summed E-state index contributed by atoms with van der Waals surface area (Å²) < 4.78 is 5.66. The van der Waals surface area contributed by atoms with Crippen molar-refractivity contribution in [3.05, 3.63) is 35.4 Å². The van der Waals surface area contributed by atoms with E-state index in [0.717, 1.165) is 26.2 Å². The van der Waals surface area contributed by atoms with Crippen LogP contribution < -0.4 is 5.32 Å². The Kier molecular flexibility index (Phi) is 4.41. The molecule has 0 radical (unpaired) electrons. The van der Waals surface area contributed by atoms with Gasteiger partial charge in [-0.1, -0.05) is 43.7 Å². The topological polar surface area (TPSA) is 21.3 Å². The van der Waals surface area contributed by atoms with Gasteiger partial charge >= 0.3 is 0 Å². The molecule has 1 aliphatic heterocycles. The Hall–Kier alpha value is -0.860. The minimum Gasteiger partial charge on any atom is -0.381 e. The molecule has 0 saturated carbocycles. The average Bonchev–Trinajstić information content (AvgIpc) is 2.76. The van der Waals surface area contributed by atoms with E-state index in [9.17, 15) is 0 Å². The summed E-state index contributed by atoms with van der Waals surface area (Å²) >= 11 is 0. The average molecular weight is 247 g/mol. The molecule has 0 aliphatic carbocycles. The lowest BCUT2D eigenvalue weighted by molar-refractivity contribution is 0.148. The van der Waals surface area contributed by atoms with Gasteiger partial charge in [-0.15, -0.1) is 0 Å². The molecule has 1 aliphatic rings. The van der Waals surface area contributed by atoms with Crippen LogP contribution in [0.5, 0.6) is 0 Å². The summed E-state index contributed by atoms with van der Waals surface area (Å²) in [6, 6.07) is 9.40. The highest BCUT2D eigenvalue weighted by atomic mass is 16.5. The van der Waals surface area contributed by atoms with Crippen LogP contribution in [0.15, 0.2) is 24.3 Å². The molecule has 0 aromatic heterocycles. The van der Waals surface area contributed by atoms with Crippen LogP contribution in [0.3, 0.4) is 0 Å². The van der Waals surface area contributed by atoms with Gasteiger partial charge in [-0.25, -0.2) is 0 Å². The molecule has 0 amide bonds. The first-order chi connectivity index (χ1) is 8.60. The van der Waals surface area contributed by atoms with Crippen LogP contribution in [0.1, 0.15) is 31.4 Å². The van der Waals surface area contributed by atoms with Crippen molar-refractivity contribution in [2.45, 2.75) is 39.7 Å². The van der Waals surface area contributed by atoms with E-state index in [2.05, 4.69) is 50.4 Å². The predicted octanol–water partition coefficient (Wildman–Crippen LogP) is 2.94. The fourth-order valence-electron chi connectivity index (χ4n) is 2.67. The fraction of sp³-hybridized carbons (Fsp3) is 0.625. The lowest BCUT2D eigenvalue weighted by atomic mass is 9.80. The molecule has 100 valence electrons. The Labute approximate surface area is 111 Å². The summed E-state index contributed by atoms with van der Waals surface area (Å²) in [5.41, 5.74) is 3.07. The van der Waals surface area contributed by atoms with E-state index >= 15 is 0 Å². The molecular formula is C16H25NO. The van der Waals surface area contributed by atoms with Crippen LogP contribution in [0, 0.1) is 12.3 Å². The molecule has 1 aromatic carbocycles. The van der Waals surface area contributed by atoms with Gasteiger partial charge in [-0.05, 0) is 25.3 Å². The number of aryl methyl sites for hydroxylation is 1. The van der Waals surface area contributed by atoms with E-state index in [-0.39, 0.29) is 5.41 Å². The van der Waals surface area contributed by atoms with Crippen molar-refractivity contribution in [3.63, 3.8) is 0 Å². The molecule has 1 atom stereocenters. The monoisotopic (exact) mass is 247 g/mol. The highest BCUT2D eigenvalue weighted by molar-refractivity contribution is 5.23. The third-order valence-corrected chi connectivity index (χ3v) is 3.73. The summed E-state index contributed by atoms with van der Waals surface area (Å²) in [6.45, 7) is 9.42. The van der Waals surface area contributed by atoms with Gasteiger partial charge in [0.25, 0.3) is 0 Å². The first-order valence-electron chi connectivity index (χ1n) is 6.96. The number of nitrogens with one attached hydrogen (secondary N) is 1. The lowest BCUT2D eigenvalue weighted by Gasteiger charge is -2.29. The summed E-state index contributed by atoms with van der Waals surface area (Å²) in [4.78, 5) is 0. The second kappa shape index (κ2) is 5.85. The van der Waals surface area contributed by atoms with Gasteiger partial charge in [-0.3, -0.25) is 0 Å². The van der Waals surface area contributed by atoms with Crippen molar-refractivity contribution < 1.29 is 4.74 Å². The lowest BCUT2D eigenvalue weighted by Crippen LogP contribution is -2.39. The van der Waals surface area contributed by atoms with Gasteiger partial charge in [0.05, 0.1) is 6.61 Å². The van der Waals surface area contributed by atoms with Crippen LogP contribution >= 0.6 is 0 Å². The molecule has 1 unspecified atom stereocenters. The molecule has 1 fully saturated rings. The van der Waals surface area contributed by atoms with E-state index < -0.39 is 0 Å². The standard InChI is InChI=1S/C16H25NO/c1-13(2)17-11-16(7-8-18-12-16)10-15-6-4-5-14(3)9-15/h4-6,9,13,17H,7-8,10-12H2,1-3H3. The van der Waals surface area contributed by atoms with Crippen molar-refractivity contribution >= 4 is 0 Å². The smallest absolute Gasteiger partial charge is 0.0538 e. The Bertz CT molecular complexity index is 380. The molecule has 1 heterocycles. The summed E-state index contributed by atoms with van der Waals surface area (Å²) in [5, 5.41) is 3.58. The summed E-state index contributed by atoms with van der Waals surface area (Å²) in [5.74, 6) is 0. The zero-order valence-electron chi connectivity index (χ0n) is 11.8. The highest BCUT2D eigenvalue weighted by Gasteiger charge is 2.34. The molecule has 18 heavy (non-hydrogen) atoms. The molecule has 1 saturated heterocycles. The molecule has 0 bridgehead atoms. The van der Waals surface area contributed by atoms with Gasteiger partial charge in [0, 0.05) is 24.6 Å². The second-order valence-corrected chi connectivity index (χ2v) is 6.00. The number of benzene rings is 1. The van der Waals surface area contributed by atoms with Gasteiger partial charge in [0.15, 0.2) is 0 Å². The Balaban J connectivity index is 2.06. The van der Waals surface area contributed by atoms with Crippen LogP contribution in [0.25, 0.3) is 0 Å². The van der Waals surface area contributed by atoms with E-state index in [0.29, 0.717) is 6.04 Å².